The number of aryl methyl sites for hydroxylation is 1. The molecule has 2 aromatic rings. The Morgan fingerprint density at radius 1 is 1.20 bits per heavy atom. The molecule has 0 aliphatic carbocycles. The lowest BCUT2D eigenvalue weighted by atomic mass is 10.0. The highest BCUT2D eigenvalue weighted by atomic mass is 15.3. The fourth-order valence-electron chi connectivity index (χ4n) is 2.28. The molecule has 4 heteroatoms. The van der Waals surface area contributed by atoms with E-state index in [4.69, 9.17) is 5.73 Å². The van der Waals surface area contributed by atoms with Gasteiger partial charge in [0.15, 0.2) is 0 Å². The second-order valence-corrected chi connectivity index (χ2v) is 5.74. The van der Waals surface area contributed by atoms with Gasteiger partial charge in [-0.2, -0.15) is 5.10 Å². The minimum atomic E-state index is 0.130. The van der Waals surface area contributed by atoms with Crippen molar-refractivity contribution in [3.05, 3.63) is 48.0 Å². The van der Waals surface area contributed by atoms with Crippen LogP contribution in [0.15, 0.2) is 36.7 Å². The summed E-state index contributed by atoms with van der Waals surface area (Å²) < 4.78 is 1.98. The summed E-state index contributed by atoms with van der Waals surface area (Å²) in [5, 5.41) is 4.28. The molecule has 108 valence electrons. The quantitative estimate of drug-likeness (QED) is 0.842. The summed E-state index contributed by atoms with van der Waals surface area (Å²) in [5.74, 6) is 1.57. The Labute approximate surface area is 121 Å². The Morgan fingerprint density at radius 2 is 1.95 bits per heavy atom. The van der Waals surface area contributed by atoms with Crippen LogP contribution in [0.5, 0.6) is 0 Å². The molecule has 0 fully saturated rings. The average molecular weight is 272 g/mol. The van der Waals surface area contributed by atoms with Gasteiger partial charge in [0.05, 0.1) is 0 Å². The van der Waals surface area contributed by atoms with Crippen LogP contribution < -0.4 is 5.73 Å². The maximum absolute atomic E-state index is 6.23. The monoisotopic (exact) mass is 272 g/mol. The van der Waals surface area contributed by atoms with Crippen LogP contribution in [0.4, 0.5) is 0 Å². The highest BCUT2D eigenvalue weighted by molar-refractivity contribution is 5.14. The van der Waals surface area contributed by atoms with Gasteiger partial charge in [-0.3, -0.25) is 0 Å². The van der Waals surface area contributed by atoms with E-state index in [9.17, 15) is 0 Å². The molecule has 1 aromatic heterocycles. The van der Waals surface area contributed by atoms with Gasteiger partial charge >= 0.3 is 0 Å². The molecule has 0 amide bonds. The Bertz CT molecular complexity index is 504. The molecule has 0 saturated carbocycles. The summed E-state index contributed by atoms with van der Waals surface area (Å²) in [6, 6.07) is 10.6. The molecule has 1 unspecified atom stereocenters. The molecule has 1 heterocycles. The van der Waals surface area contributed by atoms with Crippen molar-refractivity contribution >= 4 is 0 Å². The zero-order chi connectivity index (χ0) is 14.4. The van der Waals surface area contributed by atoms with Gasteiger partial charge in [-0.1, -0.05) is 44.2 Å². The molecule has 0 bridgehead atoms. The van der Waals surface area contributed by atoms with Gasteiger partial charge in [0.25, 0.3) is 0 Å². The lowest BCUT2D eigenvalue weighted by Gasteiger charge is -2.13. The van der Waals surface area contributed by atoms with E-state index in [2.05, 4.69) is 48.2 Å². The molecule has 20 heavy (non-hydrogen) atoms. The topological polar surface area (TPSA) is 56.7 Å². The van der Waals surface area contributed by atoms with E-state index in [0.29, 0.717) is 5.92 Å². The van der Waals surface area contributed by atoms with Crippen LogP contribution >= 0.6 is 0 Å². The largest absolute Gasteiger partial charge is 0.327 e. The first-order chi connectivity index (χ1) is 9.65. The third kappa shape index (κ3) is 4.46. The highest BCUT2D eigenvalue weighted by Crippen LogP contribution is 2.08. The van der Waals surface area contributed by atoms with Crippen molar-refractivity contribution in [1.29, 1.82) is 0 Å². The van der Waals surface area contributed by atoms with E-state index in [-0.39, 0.29) is 6.04 Å². The summed E-state index contributed by atoms with van der Waals surface area (Å²) >= 11 is 0. The highest BCUT2D eigenvalue weighted by Gasteiger charge is 2.11. The number of nitrogens with two attached hydrogens (primary N) is 1. The summed E-state index contributed by atoms with van der Waals surface area (Å²) in [6.07, 6.45) is 4.40. The van der Waals surface area contributed by atoms with E-state index >= 15 is 0 Å². The fourth-order valence-corrected chi connectivity index (χ4v) is 2.28. The third-order valence-corrected chi connectivity index (χ3v) is 3.33. The lowest BCUT2D eigenvalue weighted by molar-refractivity contribution is 0.455. The third-order valence-electron chi connectivity index (χ3n) is 3.33. The van der Waals surface area contributed by atoms with Crippen LogP contribution in [-0.2, 0) is 19.4 Å². The Morgan fingerprint density at radius 3 is 2.65 bits per heavy atom. The molecule has 1 atom stereocenters. The van der Waals surface area contributed by atoms with Gasteiger partial charge in [-0.05, 0) is 24.3 Å². The second kappa shape index (κ2) is 7.20. The summed E-state index contributed by atoms with van der Waals surface area (Å²) in [7, 11) is 0. The fraction of sp³-hybridized carbons (Fsp3) is 0.500. The van der Waals surface area contributed by atoms with Crippen LogP contribution in [-0.4, -0.2) is 20.8 Å². The lowest BCUT2D eigenvalue weighted by Crippen LogP contribution is -2.26. The van der Waals surface area contributed by atoms with Crippen LogP contribution in [0.25, 0.3) is 0 Å². The van der Waals surface area contributed by atoms with Crippen LogP contribution in [0.1, 0.15) is 31.7 Å². The molecule has 0 radical (unpaired) electrons. The maximum Gasteiger partial charge on any atom is 0.138 e. The molecular weight excluding hydrogens is 248 g/mol. The number of rotatable bonds is 7. The molecular formula is C16H24N4. The normalized spacial score (nSPS) is 12.8. The summed E-state index contributed by atoms with van der Waals surface area (Å²) in [5.41, 5.74) is 7.57. The van der Waals surface area contributed by atoms with Crippen molar-refractivity contribution < 1.29 is 0 Å². The minimum absolute atomic E-state index is 0.130. The standard InChI is InChI=1S/C16H24N4/c1-13(2)11-20-16(18-12-19-20)10-15(17)9-8-14-6-4-3-5-7-14/h3-7,12-13,15H,8-11,17H2,1-2H3. The molecule has 2 rings (SSSR count). The van der Waals surface area contributed by atoms with Gasteiger partial charge < -0.3 is 5.73 Å². The van der Waals surface area contributed by atoms with Crippen molar-refractivity contribution in [2.24, 2.45) is 11.7 Å². The van der Waals surface area contributed by atoms with Gasteiger partial charge in [0.2, 0.25) is 0 Å². The average Bonchev–Trinajstić information content (AvgIpc) is 2.84. The number of hydrogen-bond donors (Lipinski definition) is 1. The minimum Gasteiger partial charge on any atom is -0.327 e. The predicted molar refractivity (Wildman–Crippen MR) is 81.3 cm³/mol. The second-order valence-electron chi connectivity index (χ2n) is 5.74. The zero-order valence-electron chi connectivity index (χ0n) is 12.4. The van der Waals surface area contributed by atoms with Crippen molar-refractivity contribution in [2.75, 3.05) is 0 Å². The summed E-state index contributed by atoms with van der Waals surface area (Å²) in [4.78, 5) is 4.34. The van der Waals surface area contributed by atoms with Crippen molar-refractivity contribution in [3.8, 4) is 0 Å². The van der Waals surface area contributed by atoms with Gasteiger partial charge in [-0.15, -0.1) is 0 Å². The number of nitrogens with zero attached hydrogens (tertiary/aromatic N) is 3. The van der Waals surface area contributed by atoms with E-state index in [1.54, 1.807) is 6.33 Å². The summed E-state index contributed by atoms with van der Waals surface area (Å²) in [6.45, 7) is 5.27. The molecule has 1 aromatic carbocycles. The van der Waals surface area contributed by atoms with Crippen molar-refractivity contribution in [2.45, 2.75) is 45.7 Å². The first kappa shape index (κ1) is 14.7. The van der Waals surface area contributed by atoms with E-state index in [1.807, 2.05) is 10.7 Å². The first-order valence-electron chi connectivity index (χ1n) is 7.31. The zero-order valence-corrected chi connectivity index (χ0v) is 12.4. The maximum atomic E-state index is 6.23. The Hall–Kier alpha value is -1.68. The van der Waals surface area contributed by atoms with E-state index < -0.39 is 0 Å². The molecule has 0 saturated heterocycles. The van der Waals surface area contributed by atoms with Crippen molar-refractivity contribution in [1.82, 2.24) is 14.8 Å². The first-order valence-corrected chi connectivity index (χ1v) is 7.31. The number of aromatic nitrogens is 3. The molecule has 0 aliphatic rings. The van der Waals surface area contributed by atoms with Gasteiger partial charge in [-0.25, -0.2) is 9.67 Å². The Balaban J connectivity index is 1.85. The van der Waals surface area contributed by atoms with Gasteiger partial charge in [0.1, 0.15) is 12.2 Å². The van der Waals surface area contributed by atoms with E-state index in [0.717, 1.165) is 31.6 Å². The molecule has 2 N–H and O–H groups in total. The van der Waals surface area contributed by atoms with Crippen molar-refractivity contribution in [3.63, 3.8) is 0 Å². The van der Waals surface area contributed by atoms with E-state index in [1.165, 1.54) is 5.56 Å². The van der Waals surface area contributed by atoms with Gasteiger partial charge in [0, 0.05) is 19.0 Å². The number of hydrogen-bond acceptors (Lipinski definition) is 3. The van der Waals surface area contributed by atoms with Crippen LogP contribution in [0, 0.1) is 5.92 Å². The Kier molecular flexibility index (Phi) is 5.30. The smallest absolute Gasteiger partial charge is 0.138 e. The molecule has 0 spiro atoms. The predicted octanol–water partition coefficient (Wildman–Crippen LogP) is 2.44. The molecule has 4 nitrogen and oxygen atoms in total. The van der Waals surface area contributed by atoms with Crippen LogP contribution in [0.2, 0.25) is 0 Å². The SMILES string of the molecule is CC(C)Cn1ncnc1CC(N)CCc1ccccc1. The molecule has 0 aliphatic heterocycles. The number of benzene rings is 1. The van der Waals surface area contributed by atoms with Crippen LogP contribution in [0.3, 0.4) is 0 Å².